The van der Waals surface area contributed by atoms with E-state index < -0.39 is 11.7 Å². The quantitative estimate of drug-likeness (QED) is 0.850. The third-order valence-corrected chi connectivity index (χ3v) is 6.42. The number of hydrogen-bond acceptors (Lipinski definition) is 3. The summed E-state index contributed by atoms with van der Waals surface area (Å²) in [6, 6.07) is 6.72. The fourth-order valence-electron chi connectivity index (χ4n) is 4.98. The number of alkyl halides is 3. The molecular formula is C21H28F3N3O. The molecular weight excluding hydrogens is 367 g/mol. The molecule has 2 unspecified atom stereocenters. The Hall–Kier alpha value is -1.60. The highest BCUT2D eigenvalue weighted by Crippen LogP contribution is 2.33. The summed E-state index contributed by atoms with van der Waals surface area (Å²) in [5.74, 6) is 0.736. The molecule has 3 aliphatic rings. The van der Waals surface area contributed by atoms with Gasteiger partial charge in [0.05, 0.1) is 5.56 Å². The lowest BCUT2D eigenvalue weighted by molar-refractivity contribution is -0.138. The van der Waals surface area contributed by atoms with Crippen LogP contribution in [0.4, 0.5) is 13.2 Å². The molecule has 3 aliphatic heterocycles. The number of hydrogen-bond donors (Lipinski definition) is 1. The molecule has 0 saturated carbocycles. The smallest absolute Gasteiger partial charge is 0.340 e. The molecule has 1 aromatic rings. The highest BCUT2D eigenvalue weighted by molar-refractivity contribution is 5.76. The van der Waals surface area contributed by atoms with Gasteiger partial charge in [-0.25, -0.2) is 0 Å². The second-order valence-electron chi connectivity index (χ2n) is 8.53. The minimum Gasteiger partial charge on any atom is -0.340 e. The zero-order chi connectivity index (χ0) is 19.7. The summed E-state index contributed by atoms with van der Waals surface area (Å²) in [5, 5.41) is 3.61. The van der Waals surface area contributed by atoms with Gasteiger partial charge >= 0.3 is 6.18 Å². The highest BCUT2D eigenvalue weighted by Gasteiger charge is 2.35. The van der Waals surface area contributed by atoms with E-state index in [1.807, 2.05) is 4.90 Å². The SMILES string of the molecule is O=C(CC1CC2CCC(C1)N2)N1CCN(Cc2cccc(C(F)(F)F)c2)CC1. The Morgan fingerprint density at radius 1 is 1.07 bits per heavy atom. The van der Waals surface area contributed by atoms with Gasteiger partial charge in [-0.15, -0.1) is 0 Å². The van der Waals surface area contributed by atoms with Crippen molar-refractivity contribution in [3.8, 4) is 0 Å². The first kappa shape index (κ1) is 19.7. The molecule has 3 heterocycles. The predicted octanol–water partition coefficient (Wildman–Crippen LogP) is 3.27. The summed E-state index contributed by atoms with van der Waals surface area (Å²) in [4.78, 5) is 16.7. The topological polar surface area (TPSA) is 35.6 Å². The molecule has 0 radical (unpaired) electrons. The maximum Gasteiger partial charge on any atom is 0.416 e. The van der Waals surface area contributed by atoms with E-state index in [4.69, 9.17) is 0 Å². The lowest BCUT2D eigenvalue weighted by Gasteiger charge is -2.36. The number of carbonyl (C=O) groups excluding carboxylic acids is 1. The van der Waals surface area contributed by atoms with Crippen molar-refractivity contribution in [1.29, 1.82) is 0 Å². The van der Waals surface area contributed by atoms with Crippen molar-refractivity contribution in [3.05, 3.63) is 35.4 Å². The Balaban J connectivity index is 1.25. The van der Waals surface area contributed by atoms with Gasteiger partial charge in [0.25, 0.3) is 0 Å². The summed E-state index contributed by atoms with van der Waals surface area (Å²) >= 11 is 0. The van der Waals surface area contributed by atoms with Crippen molar-refractivity contribution in [2.24, 2.45) is 5.92 Å². The standard InChI is InChI=1S/C21H28F3N3O/c22-21(23,24)17-3-1-2-15(10-17)14-26-6-8-27(9-7-26)20(28)13-16-11-18-4-5-19(12-16)25-18/h1-3,10,16,18-19,25H,4-9,11-14H2. The van der Waals surface area contributed by atoms with Crippen molar-refractivity contribution in [2.75, 3.05) is 26.2 Å². The van der Waals surface area contributed by atoms with Crippen LogP contribution < -0.4 is 5.32 Å². The molecule has 3 fully saturated rings. The minimum absolute atomic E-state index is 0.241. The molecule has 2 atom stereocenters. The number of rotatable bonds is 4. The number of fused-ring (bicyclic) bond motifs is 2. The summed E-state index contributed by atoms with van der Waals surface area (Å²) in [5.41, 5.74) is 0.0644. The average Bonchev–Trinajstić information content (AvgIpc) is 3.00. The molecule has 0 aromatic heterocycles. The summed E-state index contributed by atoms with van der Waals surface area (Å²) in [6.07, 6.45) is 1.03. The van der Waals surface area contributed by atoms with Crippen LogP contribution >= 0.6 is 0 Å². The number of carbonyl (C=O) groups is 1. The van der Waals surface area contributed by atoms with E-state index in [2.05, 4.69) is 10.2 Å². The maximum atomic E-state index is 12.9. The number of piperazine rings is 1. The Morgan fingerprint density at radius 3 is 2.39 bits per heavy atom. The zero-order valence-corrected chi connectivity index (χ0v) is 16.0. The van der Waals surface area contributed by atoms with Crippen molar-refractivity contribution in [1.82, 2.24) is 15.1 Å². The number of amides is 1. The third-order valence-electron chi connectivity index (χ3n) is 6.42. The van der Waals surface area contributed by atoms with E-state index in [9.17, 15) is 18.0 Å². The van der Waals surface area contributed by atoms with Crippen LogP contribution in [0.25, 0.3) is 0 Å². The molecule has 7 heteroatoms. The van der Waals surface area contributed by atoms with Crippen LogP contribution in [-0.2, 0) is 17.5 Å². The first-order valence-electron chi connectivity index (χ1n) is 10.3. The van der Waals surface area contributed by atoms with Crippen LogP contribution in [0.1, 0.15) is 43.2 Å². The Labute approximate surface area is 164 Å². The molecule has 2 bridgehead atoms. The van der Waals surface area contributed by atoms with Gasteiger partial charge in [0.1, 0.15) is 0 Å². The Kier molecular flexibility index (Phi) is 5.65. The maximum absolute atomic E-state index is 12.9. The zero-order valence-electron chi connectivity index (χ0n) is 16.0. The van der Waals surface area contributed by atoms with E-state index >= 15 is 0 Å². The number of nitrogens with zero attached hydrogens (tertiary/aromatic N) is 2. The number of piperidine rings is 1. The van der Waals surface area contributed by atoms with Crippen molar-refractivity contribution >= 4 is 5.91 Å². The summed E-state index contributed by atoms with van der Waals surface area (Å²) < 4.78 is 38.6. The van der Waals surface area contributed by atoms with Gasteiger partial charge in [-0.2, -0.15) is 13.2 Å². The van der Waals surface area contributed by atoms with Gasteiger partial charge in [0.15, 0.2) is 0 Å². The molecule has 28 heavy (non-hydrogen) atoms. The number of benzene rings is 1. The number of nitrogens with one attached hydrogen (secondary N) is 1. The van der Waals surface area contributed by atoms with Crippen molar-refractivity contribution in [3.63, 3.8) is 0 Å². The predicted molar refractivity (Wildman–Crippen MR) is 101 cm³/mol. The van der Waals surface area contributed by atoms with Gasteiger partial charge in [0.2, 0.25) is 5.91 Å². The Bertz CT molecular complexity index is 688. The van der Waals surface area contributed by atoms with E-state index in [0.29, 0.717) is 62.7 Å². The van der Waals surface area contributed by atoms with Gasteiger partial charge in [-0.3, -0.25) is 9.69 Å². The van der Waals surface area contributed by atoms with E-state index in [1.165, 1.54) is 25.0 Å². The molecule has 1 aromatic carbocycles. The third kappa shape index (κ3) is 4.69. The van der Waals surface area contributed by atoms with Crippen LogP contribution in [-0.4, -0.2) is 54.0 Å². The molecule has 4 rings (SSSR count). The number of halogens is 3. The highest BCUT2D eigenvalue weighted by atomic mass is 19.4. The van der Waals surface area contributed by atoms with Gasteiger partial charge < -0.3 is 10.2 Å². The fourth-order valence-corrected chi connectivity index (χ4v) is 4.98. The molecule has 3 saturated heterocycles. The van der Waals surface area contributed by atoms with Gasteiger partial charge in [-0.1, -0.05) is 18.2 Å². The first-order chi connectivity index (χ1) is 13.4. The van der Waals surface area contributed by atoms with Crippen LogP contribution in [0.3, 0.4) is 0 Å². The van der Waals surface area contributed by atoms with E-state index in [-0.39, 0.29) is 5.91 Å². The van der Waals surface area contributed by atoms with Crippen LogP contribution in [0.15, 0.2) is 24.3 Å². The average molecular weight is 395 g/mol. The van der Waals surface area contributed by atoms with Crippen LogP contribution in [0.5, 0.6) is 0 Å². The Morgan fingerprint density at radius 2 is 1.75 bits per heavy atom. The van der Waals surface area contributed by atoms with E-state index in [1.54, 1.807) is 6.07 Å². The summed E-state index contributed by atoms with van der Waals surface area (Å²) in [6.45, 7) is 3.23. The summed E-state index contributed by atoms with van der Waals surface area (Å²) in [7, 11) is 0. The van der Waals surface area contributed by atoms with E-state index in [0.717, 1.165) is 18.9 Å². The van der Waals surface area contributed by atoms with Crippen LogP contribution in [0, 0.1) is 5.92 Å². The monoisotopic (exact) mass is 395 g/mol. The second kappa shape index (κ2) is 8.03. The normalized spacial score (nSPS) is 28.5. The molecule has 0 spiro atoms. The molecule has 1 N–H and O–H groups in total. The van der Waals surface area contributed by atoms with Crippen LogP contribution in [0.2, 0.25) is 0 Å². The first-order valence-corrected chi connectivity index (χ1v) is 10.3. The molecule has 0 aliphatic carbocycles. The lowest BCUT2D eigenvalue weighted by atomic mass is 9.89. The second-order valence-corrected chi connectivity index (χ2v) is 8.53. The van der Waals surface area contributed by atoms with Crippen molar-refractivity contribution in [2.45, 2.75) is 56.9 Å². The van der Waals surface area contributed by atoms with Gasteiger partial charge in [0, 0.05) is 51.2 Å². The molecule has 1 amide bonds. The molecule has 4 nitrogen and oxygen atoms in total. The largest absolute Gasteiger partial charge is 0.416 e. The fraction of sp³-hybridized carbons (Fsp3) is 0.667. The molecule has 154 valence electrons. The van der Waals surface area contributed by atoms with Crippen molar-refractivity contribution < 1.29 is 18.0 Å². The minimum atomic E-state index is -4.31. The van der Waals surface area contributed by atoms with Gasteiger partial charge in [-0.05, 0) is 43.2 Å². The lowest BCUT2D eigenvalue weighted by Crippen LogP contribution is -2.49.